The summed E-state index contributed by atoms with van der Waals surface area (Å²) in [6.07, 6.45) is 0.0411. The van der Waals surface area contributed by atoms with E-state index in [9.17, 15) is 5.11 Å². The Morgan fingerprint density at radius 2 is 2.33 bits per heavy atom. The molecule has 12 heavy (non-hydrogen) atoms. The monoisotopic (exact) mass is 175 g/mol. The number of ether oxygens (including phenoxy) is 1. The van der Waals surface area contributed by atoms with Crippen LogP contribution < -0.4 is 5.32 Å². The van der Waals surface area contributed by atoms with E-state index >= 15 is 0 Å². The fourth-order valence-corrected chi connectivity index (χ4v) is 1.22. The van der Waals surface area contributed by atoms with Crippen LogP contribution in [0.25, 0.3) is 0 Å². The molecule has 0 amide bonds. The molecule has 1 saturated heterocycles. The molecule has 0 bridgehead atoms. The van der Waals surface area contributed by atoms with E-state index in [0.717, 1.165) is 6.54 Å². The minimum absolute atomic E-state index is 0.0451. The van der Waals surface area contributed by atoms with Crippen molar-refractivity contribution in [1.29, 1.82) is 0 Å². The molecule has 1 aliphatic rings. The zero-order chi connectivity index (χ0) is 8.97. The molecule has 4 heteroatoms. The number of aliphatic hydroxyl groups is 2. The van der Waals surface area contributed by atoms with E-state index in [1.54, 1.807) is 6.92 Å². The second-order valence-corrected chi connectivity index (χ2v) is 3.30. The topological polar surface area (TPSA) is 61.7 Å². The molecule has 3 N–H and O–H groups in total. The van der Waals surface area contributed by atoms with Crippen molar-refractivity contribution in [3.8, 4) is 0 Å². The van der Waals surface area contributed by atoms with Gasteiger partial charge in [-0.3, -0.25) is 0 Å². The molecule has 1 fully saturated rings. The fourth-order valence-electron chi connectivity index (χ4n) is 1.22. The van der Waals surface area contributed by atoms with Gasteiger partial charge in [0.25, 0.3) is 0 Å². The second-order valence-electron chi connectivity index (χ2n) is 3.30. The van der Waals surface area contributed by atoms with E-state index in [1.165, 1.54) is 0 Å². The SMILES string of the molecule is CC(O)CCNC1COCC1O. The van der Waals surface area contributed by atoms with Gasteiger partial charge in [-0.15, -0.1) is 0 Å². The molecule has 1 rings (SSSR count). The Morgan fingerprint density at radius 1 is 1.58 bits per heavy atom. The third-order valence-corrected chi connectivity index (χ3v) is 2.02. The van der Waals surface area contributed by atoms with Crippen LogP contribution in [0, 0.1) is 0 Å². The van der Waals surface area contributed by atoms with Crippen LogP contribution in [-0.2, 0) is 4.74 Å². The molecule has 4 nitrogen and oxygen atoms in total. The highest BCUT2D eigenvalue weighted by molar-refractivity contribution is 4.80. The average Bonchev–Trinajstić information content (AvgIpc) is 2.36. The van der Waals surface area contributed by atoms with Crippen LogP contribution in [0.2, 0.25) is 0 Å². The van der Waals surface area contributed by atoms with E-state index in [-0.39, 0.29) is 18.2 Å². The molecular formula is C8H17NO3. The molecule has 3 unspecified atom stereocenters. The highest BCUT2D eigenvalue weighted by Crippen LogP contribution is 2.04. The van der Waals surface area contributed by atoms with Crippen molar-refractivity contribution in [2.24, 2.45) is 0 Å². The van der Waals surface area contributed by atoms with Gasteiger partial charge in [0.1, 0.15) is 0 Å². The van der Waals surface area contributed by atoms with E-state index in [0.29, 0.717) is 19.6 Å². The molecule has 0 aromatic heterocycles. The lowest BCUT2D eigenvalue weighted by Gasteiger charge is -2.14. The van der Waals surface area contributed by atoms with Crippen LogP contribution in [0.3, 0.4) is 0 Å². The van der Waals surface area contributed by atoms with Gasteiger partial charge < -0.3 is 20.3 Å². The predicted octanol–water partition coefficient (Wildman–Crippen LogP) is -0.893. The minimum Gasteiger partial charge on any atom is -0.393 e. The third-order valence-electron chi connectivity index (χ3n) is 2.02. The quantitative estimate of drug-likeness (QED) is 0.518. The Bertz CT molecular complexity index is 129. The summed E-state index contributed by atoms with van der Waals surface area (Å²) in [6.45, 7) is 3.47. The van der Waals surface area contributed by atoms with Gasteiger partial charge in [-0.25, -0.2) is 0 Å². The number of rotatable bonds is 4. The molecular weight excluding hydrogens is 158 g/mol. The van der Waals surface area contributed by atoms with Crippen LogP contribution in [0.15, 0.2) is 0 Å². The summed E-state index contributed by atoms with van der Waals surface area (Å²) in [5, 5.41) is 21.4. The largest absolute Gasteiger partial charge is 0.393 e. The van der Waals surface area contributed by atoms with E-state index < -0.39 is 0 Å². The van der Waals surface area contributed by atoms with Crippen molar-refractivity contribution in [3.05, 3.63) is 0 Å². The molecule has 0 aliphatic carbocycles. The Kier molecular flexibility index (Phi) is 3.94. The zero-order valence-electron chi connectivity index (χ0n) is 7.36. The van der Waals surface area contributed by atoms with E-state index in [4.69, 9.17) is 9.84 Å². The first-order valence-corrected chi connectivity index (χ1v) is 4.37. The van der Waals surface area contributed by atoms with Crippen LogP contribution >= 0.6 is 0 Å². The molecule has 0 spiro atoms. The zero-order valence-corrected chi connectivity index (χ0v) is 7.36. The Balaban J connectivity index is 2.06. The summed E-state index contributed by atoms with van der Waals surface area (Å²) in [5.74, 6) is 0. The molecule has 0 aromatic rings. The first-order chi connectivity index (χ1) is 5.70. The lowest BCUT2D eigenvalue weighted by atomic mass is 10.2. The lowest BCUT2D eigenvalue weighted by Crippen LogP contribution is -2.39. The fraction of sp³-hybridized carbons (Fsp3) is 1.00. The lowest BCUT2D eigenvalue weighted by molar-refractivity contribution is 0.121. The normalized spacial score (nSPS) is 32.2. The number of aliphatic hydroxyl groups excluding tert-OH is 2. The maximum atomic E-state index is 9.30. The maximum absolute atomic E-state index is 9.30. The van der Waals surface area contributed by atoms with Crippen molar-refractivity contribution in [2.75, 3.05) is 19.8 Å². The molecule has 1 aliphatic heterocycles. The Hall–Kier alpha value is -0.160. The summed E-state index contributed by atoms with van der Waals surface area (Å²) in [5.41, 5.74) is 0. The van der Waals surface area contributed by atoms with Gasteiger partial charge in [0.2, 0.25) is 0 Å². The third kappa shape index (κ3) is 3.06. The molecule has 0 saturated carbocycles. The first-order valence-electron chi connectivity index (χ1n) is 4.37. The Labute approximate surface area is 72.5 Å². The standard InChI is InChI=1S/C8H17NO3/c1-6(10)2-3-9-7-4-12-5-8(7)11/h6-11H,2-5H2,1H3. The average molecular weight is 175 g/mol. The minimum atomic E-state index is -0.390. The number of hydrogen-bond acceptors (Lipinski definition) is 4. The number of hydrogen-bond donors (Lipinski definition) is 3. The Morgan fingerprint density at radius 3 is 2.83 bits per heavy atom. The number of nitrogens with one attached hydrogen (secondary N) is 1. The summed E-state index contributed by atoms with van der Waals surface area (Å²) >= 11 is 0. The van der Waals surface area contributed by atoms with Crippen LogP contribution in [0.4, 0.5) is 0 Å². The molecule has 0 aromatic carbocycles. The van der Waals surface area contributed by atoms with Crippen molar-refractivity contribution < 1.29 is 14.9 Å². The first kappa shape index (κ1) is 9.92. The molecule has 72 valence electrons. The van der Waals surface area contributed by atoms with Crippen LogP contribution in [0.5, 0.6) is 0 Å². The van der Waals surface area contributed by atoms with Crippen molar-refractivity contribution in [1.82, 2.24) is 5.32 Å². The molecule has 3 atom stereocenters. The summed E-state index contributed by atoms with van der Waals surface area (Å²) in [7, 11) is 0. The van der Waals surface area contributed by atoms with E-state index in [1.807, 2.05) is 0 Å². The van der Waals surface area contributed by atoms with Gasteiger partial charge in [-0.1, -0.05) is 0 Å². The van der Waals surface area contributed by atoms with Gasteiger partial charge in [-0.05, 0) is 19.9 Å². The summed E-state index contributed by atoms with van der Waals surface area (Å²) in [6, 6.07) is 0.0451. The smallest absolute Gasteiger partial charge is 0.0948 e. The van der Waals surface area contributed by atoms with Crippen molar-refractivity contribution in [2.45, 2.75) is 31.6 Å². The highest BCUT2D eigenvalue weighted by Gasteiger charge is 2.25. The highest BCUT2D eigenvalue weighted by atomic mass is 16.5. The van der Waals surface area contributed by atoms with Crippen molar-refractivity contribution in [3.63, 3.8) is 0 Å². The maximum Gasteiger partial charge on any atom is 0.0948 e. The molecule has 1 heterocycles. The van der Waals surface area contributed by atoms with Crippen molar-refractivity contribution >= 4 is 0 Å². The van der Waals surface area contributed by atoms with Gasteiger partial charge in [-0.2, -0.15) is 0 Å². The van der Waals surface area contributed by atoms with Gasteiger partial charge in [0.15, 0.2) is 0 Å². The van der Waals surface area contributed by atoms with Crippen LogP contribution in [-0.4, -0.2) is 48.2 Å². The summed E-state index contributed by atoms with van der Waals surface area (Å²) < 4.78 is 5.05. The van der Waals surface area contributed by atoms with Gasteiger partial charge >= 0.3 is 0 Å². The van der Waals surface area contributed by atoms with E-state index in [2.05, 4.69) is 5.32 Å². The van der Waals surface area contributed by atoms with Crippen LogP contribution in [0.1, 0.15) is 13.3 Å². The van der Waals surface area contributed by atoms with Gasteiger partial charge in [0.05, 0.1) is 31.5 Å². The summed E-state index contributed by atoms with van der Waals surface area (Å²) in [4.78, 5) is 0. The van der Waals surface area contributed by atoms with Gasteiger partial charge in [0, 0.05) is 0 Å². The predicted molar refractivity (Wildman–Crippen MR) is 44.9 cm³/mol. The second kappa shape index (κ2) is 4.77. The molecule has 0 radical (unpaired) electrons.